The smallest absolute Gasteiger partial charge is 0.142 e. The second-order valence-electron chi connectivity index (χ2n) is 2.41. The number of hydrogen-bond acceptors (Lipinski definition) is 2. The standard InChI is InChI=1S/C8H9F2NOS/c9-6-1-2-8(7(10)5-6)13(12)4-3-11/h1-2,5H,3-4,11H2. The Morgan fingerprint density at radius 3 is 2.62 bits per heavy atom. The maximum atomic E-state index is 13.0. The van der Waals surface area contributed by atoms with Gasteiger partial charge in [0.15, 0.2) is 0 Å². The summed E-state index contributed by atoms with van der Waals surface area (Å²) in [5.74, 6) is -1.28. The van der Waals surface area contributed by atoms with E-state index in [0.29, 0.717) is 6.07 Å². The molecule has 0 bridgehead atoms. The summed E-state index contributed by atoms with van der Waals surface area (Å²) in [7, 11) is -1.47. The van der Waals surface area contributed by atoms with Gasteiger partial charge in [0.05, 0.1) is 15.7 Å². The van der Waals surface area contributed by atoms with Crippen molar-refractivity contribution in [2.75, 3.05) is 12.3 Å². The minimum atomic E-state index is -1.47. The molecule has 1 rings (SSSR count). The van der Waals surface area contributed by atoms with Crippen molar-refractivity contribution >= 4 is 10.8 Å². The van der Waals surface area contributed by atoms with Crippen LogP contribution in [0, 0.1) is 11.6 Å². The van der Waals surface area contributed by atoms with Crippen molar-refractivity contribution < 1.29 is 13.0 Å². The van der Waals surface area contributed by atoms with E-state index < -0.39 is 22.4 Å². The van der Waals surface area contributed by atoms with Crippen molar-refractivity contribution in [2.45, 2.75) is 4.90 Å². The minimum absolute atomic E-state index is 0.00634. The fourth-order valence-electron chi connectivity index (χ4n) is 0.877. The van der Waals surface area contributed by atoms with Gasteiger partial charge in [-0.25, -0.2) is 8.78 Å². The van der Waals surface area contributed by atoms with Gasteiger partial charge in [0.2, 0.25) is 0 Å². The van der Waals surface area contributed by atoms with E-state index in [2.05, 4.69) is 0 Å². The lowest BCUT2D eigenvalue weighted by molar-refractivity contribution is 0.562. The molecule has 0 aliphatic heterocycles. The van der Waals surface area contributed by atoms with Crippen LogP contribution in [0.2, 0.25) is 0 Å². The second-order valence-corrected chi connectivity index (χ2v) is 3.95. The Morgan fingerprint density at radius 1 is 1.38 bits per heavy atom. The van der Waals surface area contributed by atoms with Crippen LogP contribution in [0.4, 0.5) is 8.78 Å². The lowest BCUT2D eigenvalue weighted by Crippen LogP contribution is -2.11. The first-order valence-electron chi connectivity index (χ1n) is 3.68. The molecule has 0 saturated carbocycles. The van der Waals surface area contributed by atoms with Crippen LogP contribution < -0.4 is 5.73 Å². The van der Waals surface area contributed by atoms with Crippen LogP contribution in [0.1, 0.15) is 0 Å². The number of halogens is 2. The minimum Gasteiger partial charge on any atom is -0.330 e. The van der Waals surface area contributed by atoms with Crippen molar-refractivity contribution in [3.8, 4) is 0 Å². The van der Waals surface area contributed by atoms with Gasteiger partial charge in [-0.3, -0.25) is 4.21 Å². The summed E-state index contributed by atoms with van der Waals surface area (Å²) in [5.41, 5.74) is 5.16. The van der Waals surface area contributed by atoms with E-state index in [9.17, 15) is 13.0 Å². The molecule has 0 aromatic heterocycles. The van der Waals surface area contributed by atoms with E-state index in [4.69, 9.17) is 5.73 Å². The molecule has 0 amide bonds. The van der Waals surface area contributed by atoms with Gasteiger partial charge in [0, 0.05) is 18.4 Å². The number of nitrogens with two attached hydrogens (primary N) is 1. The van der Waals surface area contributed by atoms with Gasteiger partial charge >= 0.3 is 0 Å². The van der Waals surface area contributed by atoms with E-state index in [-0.39, 0.29) is 17.2 Å². The SMILES string of the molecule is NCCS(=O)c1ccc(F)cc1F. The van der Waals surface area contributed by atoms with Crippen LogP contribution in [0.15, 0.2) is 23.1 Å². The summed E-state index contributed by atoms with van der Waals surface area (Å²) in [4.78, 5) is 0.00634. The molecular formula is C8H9F2NOS. The summed E-state index contributed by atoms with van der Waals surface area (Å²) in [6.45, 7) is 0.212. The molecular weight excluding hydrogens is 196 g/mol. The van der Waals surface area contributed by atoms with Gasteiger partial charge < -0.3 is 5.73 Å². The monoisotopic (exact) mass is 205 g/mol. The summed E-state index contributed by atoms with van der Waals surface area (Å²) < 4.78 is 36.6. The van der Waals surface area contributed by atoms with Gasteiger partial charge in [-0.2, -0.15) is 0 Å². The van der Waals surface area contributed by atoms with Crippen molar-refractivity contribution in [3.05, 3.63) is 29.8 Å². The number of rotatable bonds is 3. The summed E-state index contributed by atoms with van der Waals surface area (Å²) in [6, 6.07) is 2.97. The highest BCUT2D eigenvalue weighted by molar-refractivity contribution is 7.85. The molecule has 1 aromatic rings. The summed E-state index contributed by atoms with van der Waals surface area (Å²) in [5, 5.41) is 0. The Balaban J connectivity index is 2.95. The van der Waals surface area contributed by atoms with E-state index in [1.54, 1.807) is 0 Å². The fourth-order valence-corrected chi connectivity index (χ4v) is 1.81. The Kier molecular flexibility index (Phi) is 3.50. The average molecular weight is 205 g/mol. The van der Waals surface area contributed by atoms with Crippen LogP contribution in [0.3, 0.4) is 0 Å². The Bertz CT molecular complexity index is 330. The molecule has 0 spiro atoms. The highest BCUT2D eigenvalue weighted by atomic mass is 32.2. The van der Waals surface area contributed by atoms with Crippen LogP contribution in [-0.4, -0.2) is 16.5 Å². The quantitative estimate of drug-likeness (QED) is 0.801. The molecule has 1 aromatic carbocycles. The van der Waals surface area contributed by atoms with Crippen LogP contribution in [-0.2, 0) is 10.8 Å². The highest BCUT2D eigenvalue weighted by Gasteiger charge is 2.09. The molecule has 0 fully saturated rings. The van der Waals surface area contributed by atoms with E-state index in [0.717, 1.165) is 6.07 Å². The zero-order valence-electron chi connectivity index (χ0n) is 6.80. The summed E-state index contributed by atoms with van der Waals surface area (Å²) in [6.07, 6.45) is 0. The Labute approximate surface area is 77.2 Å². The molecule has 72 valence electrons. The molecule has 5 heteroatoms. The first-order chi connectivity index (χ1) is 6.15. The summed E-state index contributed by atoms with van der Waals surface area (Å²) >= 11 is 0. The molecule has 2 N–H and O–H groups in total. The van der Waals surface area contributed by atoms with Crippen molar-refractivity contribution in [1.82, 2.24) is 0 Å². The molecule has 2 nitrogen and oxygen atoms in total. The topological polar surface area (TPSA) is 43.1 Å². The molecule has 13 heavy (non-hydrogen) atoms. The number of benzene rings is 1. The van der Waals surface area contributed by atoms with Crippen molar-refractivity contribution in [3.63, 3.8) is 0 Å². The molecule has 0 saturated heterocycles. The van der Waals surface area contributed by atoms with Gasteiger partial charge in [-0.1, -0.05) is 0 Å². The third kappa shape index (κ3) is 2.57. The highest BCUT2D eigenvalue weighted by Crippen LogP contribution is 2.13. The fraction of sp³-hybridized carbons (Fsp3) is 0.250. The normalized spacial score (nSPS) is 12.8. The van der Waals surface area contributed by atoms with E-state index in [1.165, 1.54) is 6.07 Å². The first-order valence-corrected chi connectivity index (χ1v) is 5.00. The molecule has 0 radical (unpaired) electrons. The Morgan fingerprint density at radius 2 is 2.08 bits per heavy atom. The lowest BCUT2D eigenvalue weighted by atomic mass is 10.3. The number of hydrogen-bond donors (Lipinski definition) is 1. The van der Waals surface area contributed by atoms with E-state index in [1.807, 2.05) is 0 Å². The Hall–Kier alpha value is -0.810. The zero-order chi connectivity index (χ0) is 9.84. The maximum Gasteiger partial charge on any atom is 0.142 e. The van der Waals surface area contributed by atoms with Crippen LogP contribution >= 0.6 is 0 Å². The average Bonchev–Trinajstić information content (AvgIpc) is 2.04. The lowest BCUT2D eigenvalue weighted by Gasteiger charge is -2.01. The molecule has 0 heterocycles. The molecule has 0 aliphatic carbocycles. The van der Waals surface area contributed by atoms with Gasteiger partial charge in [-0.05, 0) is 12.1 Å². The molecule has 1 unspecified atom stereocenters. The third-order valence-electron chi connectivity index (χ3n) is 1.44. The van der Waals surface area contributed by atoms with Crippen LogP contribution in [0.25, 0.3) is 0 Å². The van der Waals surface area contributed by atoms with E-state index >= 15 is 0 Å². The van der Waals surface area contributed by atoms with Crippen LogP contribution in [0.5, 0.6) is 0 Å². The van der Waals surface area contributed by atoms with Gasteiger partial charge in [0.25, 0.3) is 0 Å². The van der Waals surface area contributed by atoms with Crippen molar-refractivity contribution in [2.24, 2.45) is 5.73 Å². The predicted molar refractivity (Wildman–Crippen MR) is 46.7 cm³/mol. The largest absolute Gasteiger partial charge is 0.330 e. The third-order valence-corrected chi connectivity index (χ3v) is 2.87. The van der Waals surface area contributed by atoms with Gasteiger partial charge in [-0.15, -0.1) is 0 Å². The second kappa shape index (κ2) is 4.43. The zero-order valence-corrected chi connectivity index (χ0v) is 7.61. The first kappa shape index (κ1) is 10.3. The molecule has 1 atom stereocenters. The van der Waals surface area contributed by atoms with Crippen molar-refractivity contribution in [1.29, 1.82) is 0 Å². The maximum absolute atomic E-state index is 13.0. The van der Waals surface area contributed by atoms with Gasteiger partial charge in [0.1, 0.15) is 11.6 Å². The predicted octanol–water partition coefficient (Wildman–Crippen LogP) is 1.03. The molecule has 0 aliphatic rings.